The van der Waals surface area contributed by atoms with Crippen LogP contribution < -0.4 is 10.5 Å². The predicted octanol–water partition coefficient (Wildman–Crippen LogP) is 3.93. The van der Waals surface area contributed by atoms with Gasteiger partial charge in [-0.1, -0.05) is 26.1 Å². The largest absolute Gasteiger partial charge is 0.494 e. The molecule has 2 N–H and O–H groups in total. The number of thiocarbonyl (C=S) groups is 1. The first-order valence-corrected chi connectivity index (χ1v) is 6.24. The summed E-state index contributed by atoms with van der Waals surface area (Å²) in [6.45, 7) is 3.75. The van der Waals surface area contributed by atoms with Crippen LogP contribution in [0.2, 0.25) is 0 Å². The Morgan fingerprint density at radius 1 is 1.30 bits per heavy atom. The summed E-state index contributed by atoms with van der Waals surface area (Å²) >= 11 is 4.87. The quantitative estimate of drug-likeness (QED) is 0.661. The van der Waals surface area contributed by atoms with Gasteiger partial charge in [-0.15, -0.1) is 0 Å². The molecule has 112 valence electrons. The topological polar surface area (TPSA) is 35.2 Å². The van der Waals surface area contributed by atoms with Gasteiger partial charge in [0.2, 0.25) is 0 Å². The Balaban J connectivity index is 2.73. The van der Waals surface area contributed by atoms with Crippen LogP contribution in [0.1, 0.15) is 25.8 Å². The van der Waals surface area contributed by atoms with Crippen LogP contribution in [0.3, 0.4) is 0 Å². The van der Waals surface area contributed by atoms with Crippen molar-refractivity contribution in [2.75, 3.05) is 6.61 Å². The standard InChI is InChI=1S/C13H15F4NOS/c1-12(2,11(18)20)5-6-19-8-3-4-10(14)9(7-8)13(15,16)17/h3-4,7H,5-6H2,1-2H3,(H2,18,20). The third kappa shape index (κ3) is 4.33. The predicted molar refractivity (Wildman–Crippen MR) is 72.1 cm³/mol. The minimum Gasteiger partial charge on any atom is -0.494 e. The van der Waals surface area contributed by atoms with Crippen LogP contribution in [-0.2, 0) is 6.18 Å². The van der Waals surface area contributed by atoms with E-state index in [1.807, 2.05) is 13.8 Å². The second-order valence-electron chi connectivity index (χ2n) is 4.99. The van der Waals surface area contributed by atoms with Crippen molar-refractivity contribution in [1.29, 1.82) is 0 Å². The summed E-state index contributed by atoms with van der Waals surface area (Å²) in [6, 6.07) is 2.53. The molecule has 0 aromatic heterocycles. The highest BCUT2D eigenvalue weighted by Gasteiger charge is 2.34. The molecule has 0 aliphatic carbocycles. The lowest BCUT2D eigenvalue weighted by molar-refractivity contribution is -0.140. The van der Waals surface area contributed by atoms with Crippen molar-refractivity contribution in [3.8, 4) is 5.75 Å². The molecule has 20 heavy (non-hydrogen) atoms. The summed E-state index contributed by atoms with van der Waals surface area (Å²) in [4.78, 5) is 0.302. The van der Waals surface area contributed by atoms with Crippen molar-refractivity contribution in [1.82, 2.24) is 0 Å². The van der Waals surface area contributed by atoms with Gasteiger partial charge in [-0.05, 0) is 24.6 Å². The maximum absolute atomic E-state index is 13.1. The van der Waals surface area contributed by atoms with Crippen LogP contribution in [0, 0.1) is 11.2 Å². The van der Waals surface area contributed by atoms with Gasteiger partial charge in [0, 0.05) is 5.41 Å². The van der Waals surface area contributed by atoms with E-state index >= 15 is 0 Å². The number of benzene rings is 1. The van der Waals surface area contributed by atoms with E-state index in [9.17, 15) is 17.6 Å². The molecule has 0 amide bonds. The molecule has 0 unspecified atom stereocenters. The molecular weight excluding hydrogens is 294 g/mol. The Kier molecular flexibility index (Phi) is 4.96. The summed E-state index contributed by atoms with van der Waals surface area (Å²) in [5, 5.41) is 0. The fraction of sp³-hybridized carbons (Fsp3) is 0.462. The molecule has 0 bridgehead atoms. The molecule has 0 saturated heterocycles. The minimum absolute atomic E-state index is 0.0440. The first kappa shape index (κ1) is 16.7. The van der Waals surface area contributed by atoms with Crippen molar-refractivity contribution >= 4 is 17.2 Å². The van der Waals surface area contributed by atoms with Crippen molar-refractivity contribution in [3.05, 3.63) is 29.6 Å². The number of halogens is 4. The molecule has 0 radical (unpaired) electrons. The number of hydrogen-bond acceptors (Lipinski definition) is 2. The molecule has 0 fully saturated rings. The summed E-state index contributed by atoms with van der Waals surface area (Å²) < 4.78 is 55.8. The van der Waals surface area contributed by atoms with E-state index in [0.717, 1.165) is 12.1 Å². The molecule has 0 saturated carbocycles. The van der Waals surface area contributed by atoms with Crippen LogP contribution in [0.4, 0.5) is 17.6 Å². The zero-order valence-corrected chi connectivity index (χ0v) is 11.9. The molecule has 1 rings (SSSR count). The van der Waals surface area contributed by atoms with E-state index in [0.29, 0.717) is 17.5 Å². The lowest BCUT2D eigenvalue weighted by Crippen LogP contribution is -2.31. The smallest absolute Gasteiger partial charge is 0.419 e. The average molecular weight is 309 g/mol. The third-order valence-electron chi connectivity index (χ3n) is 2.91. The van der Waals surface area contributed by atoms with E-state index in [4.69, 9.17) is 22.7 Å². The highest BCUT2D eigenvalue weighted by molar-refractivity contribution is 7.80. The van der Waals surface area contributed by atoms with Gasteiger partial charge in [-0.25, -0.2) is 4.39 Å². The van der Waals surface area contributed by atoms with E-state index in [1.165, 1.54) is 0 Å². The first-order valence-electron chi connectivity index (χ1n) is 5.83. The summed E-state index contributed by atoms with van der Waals surface area (Å²) in [5.74, 6) is -1.37. The van der Waals surface area contributed by atoms with Gasteiger partial charge in [0.25, 0.3) is 0 Å². The first-order chi connectivity index (χ1) is 9.04. The Hall–Kier alpha value is -1.37. The van der Waals surface area contributed by atoms with Crippen molar-refractivity contribution in [2.24, 2.45) is 11.1 Å². The van der Waals surface area contributed by atoms with Gasteiger partial charge in [0.15, 0.2) is 0 Å². The van der Waals surface area contributed by atoms with Crippen LogP contribution >= 0.6 is 12.2 Å². The fourth-order valence-corrected chi connectivity index (χ4v) is 1.46. The summed E-state index contributed by atoms with van der Waals surface area (Å²) in [6.07, 6.45) is -4.30. The van der Waals surface area contributed by atoms with E-state index in [1.54, 1.807) is 0 Å². The number of ether oxygens (including phenoxy) is 1. The highest BCUT2D eigenvalue weighted by atomic mass is 32.1. The Labute approximate surface area is 119 Å². The molecule has 2 nitrogen and oxygen atoms in total. The van der Waals surface area contributed by atoms with Gasteiger partial charge >= 0.3 is 6.18 Å². The van der Waals surface area contributed by atoms with Crippen molar-refractivity contribution in [3.63, 3.8) is 0 Å². The van der Waals surface area contributed by atoms with Crippen LogP contribution in [0.5, 0.6) is 5.75 Å². The molecule has 1 aromatic carbocycles. The van der Waals surface area contributed by atoms with Crippen LogP contribution in [0.15, 0.2) is 18.2 Å². The lowest BCUT2D eigenvalue weighted by atomic mass is 9.90. The van der Waals surface area contributed by atoms with Crippen molar-refractivity contribution in [2.45, 2.75) is 26.4 Å². The van der Waals surface area contributed by atoms with Crippen LogP contribution in [0.25, 0.3) is 0 Å². The van der Waals surface area contributed by atoms with Crippen molar-refractivity contribution < 1.29 is 22.3 Å². The van der Waals surface area contributed by atoms with Gasteiger partial charge in [0.1, 0.15) is 11.6 Å². The summed E-state index contributed by atoms with van der Waals surface area (Å²) in [5.41, 5.74) is 3.73. The van der Waals surface area contributed by atoms with E-state index in [-0.39, 0.29) is 12.4 Å². The monoisotopic (exact) mass is 309 g/mol. The molecule has 1 aromatic rings. The molecule has 0 aliphatic rings. The molecular formula is C13H15F4NOS. The minimum atomic E-state index is -4.75. The second-order valence-corrected chi connectivity index (χ2v) is 5.43. The lowest BCUT2D eigenvalue weighted by Gasteiger charge is -2.23. The molecule has 0 heterocycles. The molecule has 0 aliphatic heterocycles. The normalized spacial score (nSPS) is 12.3. The number of alkyl halides is 3. The van der Waals surface area contributed by atoms with Gasteiger partial charge < -0.3 is 10.5 Å². The average Bonchev–Trinajstić information content (AvgIpc) is 2.29. The number of nitrogens with two attached hydrogens (primary N) is 1. The van der Waals surface area contributed by atoms with Gasteiger partial charge in [-0.3, -0.25) is 0 Å². The number of rotatable bonds is 5. The zero-order chi connectivity index (χ0) is 15.6. The van der Waals surface area contributed by atoms with Crippen LogP contribution in [-0.4, -0.2) is 11.6 Å². The number of hydrogen-bond donors (Lipinski definition) is 1. The summed E-state index contributed by atoms with van der Waals surface area (Å²) in [7, 11) is 0. The Morgan fingerprint density at radius 2 is 1.90 bits per heavy atom. The van der Waals surface area contributed by atoms with E-state index in [2.05, 4.69) is 0 Å². The van der Waals surface area contributed by atoms with E-state index < -0.39 is 23.0 Å². The second kappa shape index (κ2) is 5.95. The third-order valence-corrected chi connectivity index (χ3v) is 3.46. The Morgan fingerprint density at radius 3 is 2.40 bits per heavy atom. The fourth-order valence-electron chi connectivity index (χ4n) is 1.36. The molecule has 0 atom stereocenters. The van der Waals surface area contributed by atoms with Gasteiger partial charge in [-0.2, -0.15) is 13.2 Å². The van der Waals surface area contributed by atoms with Gasteiger partial charge in [0.05, 0.1) is 17.2 Å². The zero-order valence-electron chi connectivity index (χ0n) is 11.1. The molecule has 7 heteroatoms. The Bertz CT molecular complexity index is 500. The SMILES string of the molecule is CC(C)(CCOc1ccc(F)c(C(F)(F)F)c1)C(N)=S. The highest BCUT2D eigenvalue weighted by Crippen LogP contribution is 2.33. The molecule has 0 spiro atoms. The maximum atomic E-state index is 13.1. The maximum Gasteiger partial charge on any atom is 0.419 e.